The fourth-order valence-corrected chi connectivity index (χ4v) is 2.27. The van der Waals surface area contributed by atoms with Gasteiger partial charge in [-0.15, -0.1) is 10.2 Å². The summed E-state index contributed by atoms with van der Waals surface area (Å²) in [4.78, 5) is 22.4. The third kappa shape index (κ3) is 4.15. The SMILES string of the molecule is C[C@H](OC(=O)c1ccc(CO)cc1)c1nnc(-c2ccc([N+](=O)[O-])cc2)o1. The van der Waals surface area contributed by atoms with Gasteiger partial charge in [-0.2, -0.15) is 0 Å². The van der Waals surface area contributed by atoms with Gasteiger partial charge in [-0.1, -0.05) is 12.1 Å². The number of rotatable bonds is 6. The van der Waals surface area contributed by atoms with Gasteiger partial charge in [0.1, 0.15) is 0 Å². The quantitative estimate of drug-likeness (QED) is 0.399. The van der Waals surface area contributed by atoms with Crippen LogP contribution in [0, 0.1) is 10.1 Å². The predicted octanol–water partition coefficient (Wildman–Crippen LogP) is 3.06. The number of hydrogen-bond acceptors (Lipinski definition) is 8. The second-order valence-electron chi connectivity index (χ2n) is 5.65. The molecule has 27 heavy (non-hydrogen) atoms. The van der Waals surface area contributed by atoms with Gasteiger partial charge in [0.2, 0.25) is 5.89 Å². The maximum Gasteiger partial charge on any atom is 0.338 e. The van der Waals surface area contributed by atoms with Crippen LogP contribution in [0.5, 0.6) is 0 Å². The molecule has 0 fully saturated rings. The molecule has 0 spiro atoms. The Labute approximate surface area is 153 Å². The number of non-ortho nitro benzene ring substituents is 1. The van der Waals surface area contributed by atoms with Crippen molar-refractivity contribution in [3.8, 4) is 11.5 Å². The molecule has 9 heteroatoms. The van der Waals surface area contributed by atoms with Crippen LogP contribution in [0.2, 0.25) is 0 Å². The Hall–Kier alpha value is -3.59. The minimum Gasteiger partial charge on any atom is -0.449 e. The Morgan fingerprint density at radius 2 is 1.85 bits per heavy atom. The first kappa shape index (κ1) is 18.2. The summed E-state index contributed by atoms with van der Waals surface area (Å²) in [5, 5.41) is 27.5. The highest BCUT2D eigenvalue weighted by atomic mass is 16.6. The molecule has 0 saturated carbocycles. The lowest BCUT2D eigenvalue weighted by Crippen LogP contribution is -2.09. The largest absolute Gasteiger partial charge is 0.449 e. The summed E-state index contributed by atoms with van der Waals surface area (Å²) in [5.74, 6) is -0.305. The van der Waals surface area contributed by atoms with Crippen molar-refractivity contribution < 1.29 is 24.0 Å². The molecular weight excluding hydrogens is 354 g/mol. The number of carbonyl (C=O) groups excluding carboxylic acids is 1. The molecule has 0 aliphatic heterocycles. The fraction of sp³-hybridized carbons (Fsp3) is 0.167. The number of aliphatic hydroxyl groups is 1. The lowest BCUT2D eigenvalue weighted by molar-refractivity contribution is -0.384. The van der Waals surface area contributed by atoms with Gasteiger partial charge >= 0.3 is 5.97 Å². The molecular formula is C18H15N3O6. The molecule has 2 aromatic carbocycles. The summed E-state index contributed by atoms with van der Waals surface area (Å²) < 4.78 is 10.8. The second-order valence-corrected chi connectivity index (χ2v) is 5.65. The van der Waals surface area contributed by atoms with Gasteiger partial charge in [-0.3, -0.25) is 10.1 Å². The van der Waals surface area contributed by atoms with Crippen LogP contribution in [0.3, 0.4) is 0 Å². The number of aromatic nitrogens is 2. The van der Waals surface area contributed by atoms with Gasteiger partial charge in [0.05, 0.1) is 17.1 Å². The fourth-order valence-electron chi connectivity index (χ4n) is 2.27. The number of carbonyl (C=O) groups is 1. The lowest BCUT2D eigenvalue weighted by atomic mass is 10.1. The standard InChI is InChI=1S/C18H15N3O6/c1-11(26-18(23)14-4-2-12(10-22)3-5-14)16-19-20-17(27-16)13-6-8-15(9-7-13)21(24)25/h2-9,11,22H,10H2,1H3/t11-/m0/s1. The number of aliphatic hydroxyl groups excluding tert-OH is 1. The number of ether oxygens (including phenoxy) is 1. The molecule has 1 heterocycles. The van der Waals surface area contributed by atoms with E-state index < -0.39 is 17.0 Å². The Bertz CT molecular complexity index is 950. The summed E-state index contributed by atoms with van der Waals surface area (Å²) in [7, 11) is 0. The van der Waals surface area contributed by atoms with Crippen LogP contribution in [0.1, 0.15) is 34.8 Å². The molecule has 0 saturated heterocycles. The lowest BCUT2D eigenvalue weighted by Gasteiger charge is -2.09. The van der Waals surface area contributed by atoms with Crippen molar-refractivity contribution in [2.24, 2.45) is 0 Å². The number of esters is 1. The van der Waals surface area contributed by atoms with Crippen molar-refractivity contribution in [3.05, 3.63) is 75.7 Å². The van der Waals surface area contributed by atoms with E-state index in [0.717, 1.165) is 0 Å². The van der Waals surface area contributed by atoms with E-state index in [-0.39, 0.29) is 24.1 Å². The summed E-state index contributed by atoms with van der Waals surface area (Å²) in [6.07, 6.45) is -0.783. The van der Waals surface area contributed by atoms with E-state index in [1.165, 1.54) is 24.3 Å². The zero-order chi connectivity index (χ0) is 19.4. The zero-order valence-corrected chi connectivity index (χ0v) is 14.2. The summed E-state index contributed by atoms with van der Waals surface area (Å²) in [5.41, 5.74) is 1.48. The molecule has 0 radical (unpaired) electrons. The van der Waals surface area contributed by atoms with E-state index in [1.54, 1.807) is 31.2 Å². The molecule has 0 bridgehead atoms. The van der Waals surface area contributed by atoms with Crippen molar-refractivity contribution in [2.75, 3.05) is 0 Å². The van der Waals surface area contributed by atoms with E-state index >= 15 is 0 Å². The first-order valence-corrected chi connectivity index (χ1v) is 7.97. The van der Waals surface area contributed by atoms with Gasteiger partial charge in [-0.05, 0) is 36.8 Å². The van der Waals surface area contributed by atoms with Crippen molar-refractivity contribution in [1.29, 1.82) is 0 Å². The highest BCUT2D eigenvalue weighted by molar-refractivity contribution is 5.89. The smallest absolute Gasteiger partial charge is 0.338 e. The van der Waals surface area contributed by atoms with Gasteiger partial charge in [-0.25, -0.2) is 4.79 Å². The number of hydrogen-bond donors (Lipinski definition) is 1. The van der Waals surface area contributed by atoms with E-state index in [2.05, 4.69) is 10.2 Å². The van der Waals surface area contributed by atoms with Crippen LogP contribution in [-0.2, 0) is 11.3 Å². The number of benzene rings is 2. The molecule has 0 aliphatic carbocycles. The van der Waals surface area contributed by atoms with Crippen LogP contribution < -0.4 is 0 Å². The normalized spacial score (nSPS) is 11.8. The van der Waals surface area contributed by atoms with Crippen molar-refractivity contribution in [3.63, 3.8) is 0 Å². The zero-order valence-electron chi connectivity index (χ0n) is 14.2. The van der Waals surface area contributed by atoms with Crippen molar-refractivity contribution in [1.82, 2.24) is 10.2 Å². The number of nitrogens with zero attached hydrogens (tertiary/aromatic N) is 3. The molecule has 1 atom stereocenters. The summed E-state index contributed by atoms with van der Waals surface area (Å²) in [6, 6.07) is 12.0. The topological polar surface area (TPSA) is 129 Å². The van der Waals surface area contributed by atoms with E-state index in [4.69, 9.17) is 14.3 Å². The third-order valence-electron chi connectivity index (χ3n) is 3.77. The predicted molar refractivity (Wildman–Crippen MR) is 92.6 cm³/mol. The molecule has 3 rings (SSSR count). The van der Waals surface area contributed by atoms with Gasteiger partial charge in [0, 0.05) is 17.7 Å². The minimum atomic E-state index is -0.783. The van der Waals surface area contributed by atoms with Crippen molar-refractivity contribution >= 4 is 11.7 Å². The third-order valence-corrected chi connectivity index (χ3v) is 3.77. The molecule has 0 aliphatic rings. The average Bonchev–Trinajstić information content (AvgIpc) is 3.18. The van der Waals surface area contributed by atoms with Gasteiger partial charge in [0.15, 0.2) is 6.10 Å². The van der Waals surface area contributed by atoms with Crippen molar-refractivity contribution in [2.45, 2.75) is 19.6 Å². The maximum atomic E-state index is 12.2. The summed E-state index contributed by atoms with van der Waals surface area (Å²) in [6.45, 7) is 1.48. The first-order chi connectivity index (χ1) is 13.0. The summed E-state index contributed by atoms with van der Waals surface area (Å²) >= 11 is 0. The number of nitro benzene ring substituents is 1. The molecule has 9 nitrogen and oxygen atoms in total. The molecule has 138 valence electrons. The van der Waals surface area contributed by atoms with Crippen LogP contribution in [-0.4, -0.2) is 26.2 Å². The van der Waals surface area contributed by atoms with Gasteiger partial charge < -0.3 is 14.3 Å². The average molecular weight is 369 g/mol. The Kier molecular flexibility index (Phi) is 5.23. The van der Waals surface area contributed by atoms with E-state index in [9.17, 15) is 14.9 Å². The maximum absolute atomic E-state index is 12.2. The Morgan fingerprint density at radius 1 is 1.19 bits per heavy atom. The molecule has 0 amide bonds. The monoisotopic (exact) mass is 369 g/mol. The molecule has 1 N–H and O–H groups in total. The highest BCUT2D eigenvalue weighted by Gasteiger charge is 2.20. The number of nitro groups is 1. The Morgan fingerprint density at radius 3 is 2.44 bits per heavy atom. The first-order valence-electron chi connectivity index (χ1n) is 7.97. The van der Waals surface area contributed by atoms with E-state index in [1.807, 2.05) is 0 Å². The molecule has 0 unspecified atom stereocenters. The highest BCUT2D eigenvalue weighted by Crippen LogP contribution is 2.24. The molecule has 3 aromatic rings. The van der Waals surface area contributed by atoms with Gasteiger partial charge in [0.25, 0.3) is 11.6 Å². The van der Waals surface area contributed by atoms with Crippen LogP contribution in [0.15, 0.2) is 52.9 Å². The van der Waals surface area contributed by atoms with Crippen LogP contribution in [0.25, 0.3) is 11.5 Å². The van der Waals surface area contributed by atoms with E-state index in [0.29, 0.717) is 16.7 Å². The van der Waals surface area contributed by atoms with Crippen LogP contribution in [0.4, 0.5) is 5.69 Å². The van der Waals surface area contributed by atoms with Crippen LogP contribution >= 0.6 is 0 Å². The molecule has 1 aromatic heterocycles. The Balaban J connectivity index is 1.69. The minimum absolute atomic E-state index is 0.0481. The second kappa shape index (κ2) is 7.75.